The van der Waals surface area contributed by atoms with E-state index in [1.165, 1.54) is 0 Å². The Morgan fingerprint density at radius 3 is 2.88 bits per heavy atom. The van der Waals surface area contributed by atoms with E-state index < -0.39 is 0 Å². The maximum Gasteiger partial charge on any atom is 0.138 e. The average Bonchev–Trinajstić information content (AvgIpc) is 2.63. The van der Waals surface area contributed by atoms with Gasteiger partial charge in [-0.2, -0.15) is 5.10 Å². The van der Waals surface area contributed by atoms with Crippen LogP contribution in [0, 0.1) is 0 Å². The molecule has 0 radical (unpaired) electrons. The van der Waals surface area contributed by atoms with Crippen molar-refractivity contribution in [3.8, 4) is 0 Å². The second-order valence-electron chi connectivity index (χ2n) is 4.25. The molecule has 1 atom stereocenters. The molecule has 0 saturated heterocycles. The van der Waals surface area contributed by atoms with Crippen molar-refractivity contribution >= 4 is 0 Å². The highest BCUT2D eigenvalue weighted by Crippen LogP contribution is 2.01. The molecular formula is C11H22N4O. The van der Waals surface area contributed by atoms with Crippen LogP contribution in [-0.4, -0.2) is 33.5 Å². The van der Waals surface area contributed by atoms with E-state index in [1.54, 1.807) is 6.33 Å². The van der Waals surface area contributed by atoms with E-state index in [9.17, 15) is 0 Å². The number of nitrogens with zero attached hydrogens (tertiary/aromatic N) is 3. The Hall–Kier alpha value is -0.940. The van der Waals surface area contributed by atoms with E-state index in [1.807, 2.05) is 18.5 Å². The highest BCUT2D eigenvalue weighted by molar-refractivity contribution is 4.88. The summed E-state index contributed by atoms with van der Waals surface area (Å²) in [6.45, 7) is 7.59. The molecule has 0 spiro atoms. The lowest BCUT2D eigenvalue weighted by Crippen LogP contribution is -2.31. The smallest absolute Gasteiger partial charge is 0.138 e. The normalized spacial score (nSPS) is 13.3. The third kappa shape index (κ3) is 4.28. The molecule has 0 bridgehead atoms. The van der Waals surface area contributed by atoms with E-state index in [0.717, 1.165) is 18.8 Å². The molecule has 0 amide bonds. The third-order valence-electron chi connectivity index (χ3n) is 2.22. The van der Waals surface area contributed by atoms with Gasteiger partial charge < -0.3 is 10.5 Å². The van der Waals surface area contributed by atoms with Crippen molar-refractivity contribution in [2.45, 2.75) is 52.3 Å². The largest absolute Gasteiger partial charge is 0.377 e. The number of hydrogen-bond donors (Lipinski definition) is 1. The van der Waals surface area contributed by atoms with Gasteiger partial charge in [0.25, 0.3) is 0 Å². The first kappa shape index (κ1) is 13.1. The van der Waals surface area contributed by atoms with E-state index in [0.29, 0.717) is 13.0 Å². The molecule has 1 unspecified atom stereocenters. The zero-order chi connectivity index (χ0) is 12.0. The Bertz CT molecular complexity index is 298. The molecule has 2 N–H and O–H groups in total. The van der Waals surface area contributed by atoms with Crippen molar-refractivity contribution in [1.82, 2.24) is 14.8 Å². The van der Waals surface area contributed by atoms with Gasteiger partial charge in [0.1, 0.15) is 12.2 Å². The quantitative estimate of drug-likeness (QED) is 0.752. The van der Waals surface area contributed by atoms with Crippen LogP contribution >= 0.6 is 0 Å². The molecule has 92 valence electrons. The van der Waals surface area contributed by atoms with Gasteiger partial charge in [0, 0.05) is 19.0 Å². The number of nitrogens with two attached hydrogens (primary N) is 1. The zero-order valence-electron chi connectivity index (χ0n) is 10.4. The number of aromatic nitrogens is 3. The molecule has 0 aliphatic heterocycles. The number of hydrogen-bond acceptors (Lipinski definition) is 4. The van der Waals surface area contributed by atoms with Crippen LogP contribution in [-0.2, 0) is 17.7 Å². The van der Waals surface area contributed by atoms with Gasteiger partial charge in [-0.25, -0.2) is 4.98 Å². The summed E-state index contributed by atoms with van der Waals surface area (Å²) < 4.78 is 7.38. The molecule has 5 nitrogen and oxygen atoms in total. The molecule has 0 fully saturated rings. The maximum absolute atomic E-state index is 5.97. The van der Waals surface area contributed by atoms with Crippen LogP contribution in [0.5, 0.6) is 0 Å². The van der Waals surface area contributed by atoms with Crippen molar-refractivity contribution in [3.63, 3.8) is 0 Å². The molecule has 1 aromatic heterocycles. The summed E-state index contributed by atoms with van der Waals surface area (Å²) in [6, 6.07) is -0.0118. The van der Waals surface area contributed by atoms with E-state index >= 15 is 0 Å². The monoisotopic (exact) mass is 226 g/mol. The number of ether oxygens (including phenoxy) is 1. The third-order valence-corrected chi connectivity index (χ3v) is 2.22. The Balaban J connectivity index is 2.42. The van der Waals surface area contributed by atoms with E-state index in [4.69, 9.17) is 10.5 Å². The highest BCUT2D eigenvalue weighted by atomic mass is 16.5. The first-order valence-electron chi connectivity index (χ1n) is 5.87. The number of rotatable bonds is 7. The molecule has 1 rings (SSSR count). The van der Waals surface area contributed by atoms with Gasteiger partial charge in [-0.1, -0.05) is 6.92 Å². The molecule has 0 aliphatic carbocycles. The lowest BCUT2D eigenvalue weighted by atomic mass is 10.2. The fourth-order valence-corrected chi connectivity index (χ4v) is 1.45. The van der Waals surface area contributed by atoms with Crippen LogP contribution in [0.25, 0.3) is 0 Å². The minimum absolute atomic E-state index is 0.0118. The summed E-state index contributed by atoms with van der Waals surface area (Å²) in [4.78, 5) is 4.22. The van der Waals surface area contributed by atoms with Gasteiger partial charge in [0.15, 0.2) is 0 Å². The van der Waals surface area contributed by atoms with Crippen molar-refractivity contribution in [1.29, 1.82) is 0 Å². The SMILES string of the molecule is CCCn1ncnc1CC(N)COC(C)C. The van der Waals surface area contributed by atoms with Crippen molar-refractivity contribution in [2.24, 2.45) is 5.73 Å². The summed E-state index contributed by atoms with van der Waals surface area (Å²) >= 11 is 0. The van der Waals surface area contributed by atoms with Gasteiger partial charge in [-0.15, -0.1) is 0 Å². The Morgan fingerprint density at radius 1 is 1.50 bits per heavy atom. The molecule has 1 aromatic rings. The van der Waals surface area contributed by atoms with Crippen molar-refractivity contribution in [2.75, 3.05) is 6.61 Å². The van der Waals surface area contributed by atoms with Crippen LogP contribution in [0.1, 0.15) is 33.0 Å². The summed E-state index contributed by atoms with van der Waals surface area (Å²) in [7, 11) is 0. The second kappa shape index (κ2) is 6.60. The summed E-state index contributed by atoms with van der Waals surface area (Å²) in [5, 5.41) is 4.16. The van der Waals surface area contributed by atoms with Gasteiger partial charge in [-0.05, 0) is 20.3 Å². The fourth-order valence-electron chi connectivity index (χ4n) is 1.45. The van der Waals surface area contributed by atoms with Gasteiger partial charge in [0.05, 0.1) is 12.7 Å². The van der Waals surface area contributed by atoms with Crippen LogP contribution in [0.4, 0.5) is 0 Å². The predicted octanol–water partition coefficient (Wildman–Crippen LogP) is 0.983. The molecule has 16 heavy (non-hydrogen) atoms. The topological polar surface area (TPSA) is 66.0 Å². The first-order valence-corrected chi connectivity index (χ1v) is 5.87. The van der Waals surface area contributed by atoms with Crippen LogP contribution in [0.15, 0.2) is 6.33 Å². The summed E-state index contributed by atoms with van der Waals surface area (Å²) in [5.41, 5.74) is 5.97. The summed E-state index contributed by atoms with van der Waals surface area (Å²) in [6.07, 6.45) is 3.57. The Labute approximate surface area is 97.0 Å². The standard InChI is InChI=1S/C11H22N4O/c1-4-5-15-11(13-8-14-15)6-10(12)7-16-9(2)3/h8-10H,4-7,12H2,1-3H3. The molecule has 5 heteroatoms. The lowest BCUT2D eigenvalue weighted by molar-refractivity contribution is 0.0679. The zero-order valence-corrected chi connectivity index (χ0v) is 10.4. The van der Waals surface area contributed by atoms with Crippen LogP contribution in [0.3, 0.4) is 0 Å². The predicted molar refractivity (Wildman–Crippen MR) is 63.1 cm³/mol. The molecule has 0 saturated carbocycles. The highest BCUT2D eigenvalue weighted by Gasteiger charge is 2.10. The van der Waals surface area contributed by atoms with Gasteiger partial charge >= 0.3 is 0 Å². The maximum atomic E-state index is 5.97. The van der Waals surface area contributed by atoms with Crippen molar-refractivity contribution < 1.29 is 4.74 Å². The summed E-state index contributed by atoms with van der Waals surface area (Å²) in [5.74, 6) is 0.946. The van der Waals surface area contributed by atoms with Crippen LogP contribution in [0.2, 0.25) is 0 Å². The average molecular weight is 226 g/mol. The van der Waals surface area contributed by atoms with E-state index in [-0.39, 0.29) is 12.1 Å². The molecule has 0 aliphatic rings. The molecular weight excluding hydrogens is 204 g/mol. The second-order valence-corrected chi connectivity index (χ2v) is 4.25. The first-order chi connectivity index (χ1) is 7.63. The minimum Gasteiger partial charge on any atom is -0.377 e. The van der Waals surface area contributed by atoms with Crippen molar-refractivity contribution in [3.05, 3.63) is 12.2 Å². The fraction of sp³-hybridized carbons (Fsp3) is 0.818. The lowest BCUT2D eigenvalue weighted by Gasteiger charge is -2.14. The van der Waals surface area contributed by atoms with E-state index in [2.05, 4.69) is 17.0 Å². The van der Waals surface area contributed by atoms with Crippen LogP contribution < -0.4 is 5.73 Å². The molecule has 0 aromatic carbocycles. The minimum atomic E-state index is -0.0118. The Morgan fingerprint density at radius 2 is 2.25 bits per heavy atom. The van der Waals surface area contributed by atoms with Gasteiger partial charge in [-0.3, -0.25) is 4.68 Å². The van der Waals surface area contributed by atoms with Gasteiger partial charge in [0.2, 0.25) is 0 Å². The molecule has 1 heterocycles. The Kier molecular flexibility index (Phi) is 5.42. The number of aryl methyl sites for hydroxylation is 1.